The van der Waals surface area contributed by atoms with Gasteiger partial charge in [-0.25, -0.2) is 0 Å². The maximum atomic E-state index is 4.28. The highest BCUT2D eigenvalue weighted by Crippen LogP contribution is 2.41. The van der Waals surface area contributed by atoms with E-state index in [9.17, 15) is 0 Å². The highest BCUT2D eigenvalue weighted by molar-refractivity contribution is 7.04. The Morgan fingerprint density at radius 3 is 1.78 bits per heavy atom. The number of benzene rings is 2. The zero-order valence-corrected chi connectivity index (χ0v) is 16.8. The van der Waals surface area contributed by atoms with Crippen LogP contribution in [-0.4, -0.2) is 16.5 Å². The molecule has 1 fully saturated rings. The van der Waals surface area contributed by atoms with Gasteiger partial charge >= 0.3 is 0 Å². The molecule has 0 aromatic heterocycles. The molecule has 0 spiro atoms. The fraction of sp³-hybridized carbons (Fsp3) is 0.300. The Morgan fingerprint density at radius 2 is 1.26 bits per heavy atom. The molecule has 0 unspecified atom stereocenters. The van der Waals surface area contributed by atoms with Gasteiger partial charge in [0.2, 0.25) is 0 Å². The van der Waals surface area contributed by atoms with Crippen LogP contribution in [0.5, 0.6) is 0 Å². The van der Waals surface area contributed by atoms with E-state index in [-0.39, 0.29) is 0 Å². The van der Waals surface area contributed by atoms with Gasteiger partial charge in [0.15, 0.2) is 0 Å². The first-order valence-electron chi connectivity index (χ1n) is 8.46. The van der Waals surface area contributed by atoms with Crippen LogP contribution in [0.2, 0.25) is 38.3 Å². The molecular formula is C20H27NSi2. The van der Waals surface area contributed by atoms with Crippen LogP contribution in [0.3, 0.4) is 0 Å². The summed E-state index contributed by atoms with van der Waals surface area (Å²) in [5.41, 5.74) is 4.95. The van der Waals surface area contributed by atoms with Crippen molar-refractivity contribution < 1.29 is 0 Å². The van der Waals surface area contributed by atoms with Gasteiger partial charge in [-0.2, -0.15) is 0 Å². The monoisotopic (exact) mass is 337 g/mol. The molecule has 0 N–H and O–H groups in total. The molecule has 1 heterocycles. The molecule has 0 saturated carbocycles. The SMILES string of the molecule is C=C(c1ccccc1)c1ccc(N2[Si](C)(C)CC[Si]2(C)C)cc1. The van der Waals surface area contributed by atoms with Crippen molar-refractivity contribution in [2.24, 2.45) is 0 Å². The van der Waals surface area contributed by atoms with Gasteiger partial charge in [-0.05, 0) is 40.9 Å². The van der Waals surface area contributed by atoms with Crippen LogP contribution < -0.4 is 4.23 Å². The smallest absolute Gasteiger partial charge is 0.141 e. The lowest BCUT2D eigenvalue weighted by atomic mass is 10.00. The van der Waals surface area contributed by atoms with E-state index in [4.69, 9.17) is 0 Å². The van der Waals surface area contributed by atoms with E-state index in [0.717, 1.165) is 5.57 Å². The second kappa shape index (κ2) is 5.80. The molecule has 3 rings (SSSR count). The molecule has 0 radical (unpaired) electrons. The van der Waals surface area contributed by atoms with Gasteiger partial charge in [0, 0.05) is 5.69 Å². The van der Waals surface area contributed by atoms with Crippen molar-refractivity contribution in [2.45, 2.75) is 38.3 Å². The van der Waals surface area contributed by atoms with Gasteiger partial charge < -0.3 is 4.23 Å². The average molecular weight is 338 g/mol. The fourth-order valence-corrected chi connectivity index (χ4v) is 18.2. The lowest BCUT2D eigenvalue weighted by molar-refractivity contribution is 1.35. The minimum absolute atomic E-state index is 1.10. The van der Waals surface area contributed by atoms with Crippen LogP contribution in [0.1, 0.15) is 11.1 Å². The summed E-state index contributed by atoms with van der Waals surface area (Å²) in [7, 11) is -2.56. The minimum atomic E-state index is -1.28. The zero-order valence-electron chi connectivity index (χ0n) is 14.8. The first-order chi connectivity index (χ1) is 10.8. The first-order valence-corrected chi connectivity index (χ1v) is 14.8. The third-order valence-electron chi connectivity index (χ3n) is 5.16. The second-order valence-corrected chi connectivity index (χ2v) is 17.4. The van der Waals surface area contributed by atoms with Crippen LogP contribution >= 0.6 is 0 Å². The molecule has 23 heavy (non-hydrogen) atoms. The number of rotatable bonds is 3. The second-order valence-electron chi connectivity index (χ2n) is 7.85. The van der Waals surface area contributed by atoms with E-state index in [1.807, 2.05) is 6.07 Å². The molecule has 1 nitrogen and oxygen atoms in total. The quantitative estimate of drug-likeness (QED) is 0.623. The van der Waals surface area contributed by atoms with E-state index in [1.165, 1.54) is 28.9 Å². The van der Waals surface area contributed by atoms with Gasteiger partial charge in [0.1, 0.15) is 16.5 Å². The van der Waals surface area contributed by atoms with Crippen molar-refractivity contribution in [1.82, 2.24) is 0 Å². The van der Waals surface area contributed by atoms with Crippen molar-refractivity contribution in [2.75, 3.05) is 4.23 Å². The zero-order chi connectivity index (χ0) is 16.7. The Balaban J connectivity index is 1.89. The molecule has 2 aromatic rings. The van der Waals surface area contributed by atoms with Crippen molar-refractivity contribution in [1.29, 1.82) is 0 Å². The van der Waals surface area contributed by atoms with Gasteiger partial charge in [-0.1, -0.05) is 75.2 Å². The standard InChI is InChI=1S/C20H27NSi2/c1-17(18-9-7-6-8-10-18)19-11-13-20(14-12-19)21-22(2,3)15-16-23(21,4)5/h6-14H,1,15-16H2,2-5H3. The van der Waals surface area contributed by atoms with Crippen molar-refractivity contribution >= 4 is 27.7 Å². The topological polar surface area (TPSA) is 3.24 Å². The van der Waals surface area contributed by atoms with E-state index in [2.05, 4.69) is 85.5 Å². The van der Waals surface area contributed by atoms with Crippen LogP contribution in [-0.2, 0) is 0 Å². The van der Waals surface area contributed by atoms with Crippen molar-refractivity contribution in [3.05, 3.63) is 72.3 Å². The van der Waals surface area contributed by atoms with Crippen molar-refractivity contribution in [3.8, 4) is 0 Å². The molecule has 0 amide bonds. The molecule has 120 valence electrons. The van der Waals surface area contributed by atoms with Gasteiger partial charge in [-0.15, -0.1) is 0 Å². The lowest BCUT2D eigenvalue weighted by Gasteiger charge is -2.41. The van der Waals surface area contributed by atoms with E-state index >= 15 is 0 Å². The molecule has 0 atom stereocenters. The predicted octanol–water partition coefficient (Wildman–Crippen LogP) is 5.98. The molecule has 0 bridgehead atoms. The summed E-state index contributed by atoms with van der Waals surface area (Å²) in [6.45, 7) is 14.4. The Labute approximate surface area is 142 Å². The van der Waals surface area contributed by atoms with Crippen LogP contribution in [0, 0.1) is 0 Å². The molecular weight excluding hydrogens is 310 g/mol. The average Bonchev–Trinajstić information content (AvgIpc) is 2.76. The summed E-state index contributed by atoms with van der Waals surface area (Å²) in [4.78, 5) is 0. The van der Waals surface area contributed by atoms with Gasteiger partial charge in [-0.3, -0.25) is 0 Å². The summed E-state index contributed by atoms with van der Waals surface area (Å²) >= 11 is 0. The number of anilines is 1. The van der Waals surface area contributed by atoms with E-state index in [1.54, 1.807) is 0 Å². The minimum Gasteiger partial charge on any atom is -0.424 e. The van der Waals surface area contributed by atoms with E-state index in [0.29, 0.717) is 0 Å². The summed E-state index contributed by atoms with van der Waals surface area (Å²) in [5.74, 6) is 0. The summed E-state index contributed by atoms with van der Waals surface area (Å²) < 4.78 is 2.86. The summed E-state index contributed by atoms with van der Waals surface area (Å²) in [6.07, 6.45) is 0. The fourth-order valence-electron chi connectivity index (χ4n) is 3.97. The predicted molar refractivity (Wildman–Crippen MR) is 108 cm³/mol. The molecule has 1 saturated heterocycles. The lowest BCUT2D eigenvalue weighted by Crippen LogP contribution is -2.55. The molecule has 1 aliphatic heterocycles. The normalized spacial score (nSPS) is 18.9. The van der Waals surface area contributed by atoms with Gasteiger partial charge in [0.25, 0.3) is 0 Å². The third-order valence-corrected chi connectivity index (χ3v) is 15.2. The Morgan fingerprint density at radius 1 is 0.783 bits per heavy atom. The van der Waals surface area contributed by atoms with Gasteiger partial charge in [0.05, 0.1) is 0 Å². The van der Waals surface area contributed by atoms with E-state index < -0.39 is 16.5 Å². The number of hydrogen-bond donors (Lipinski definition) is 0. The molecule has 0 aliphatic carbocycles. The highest BCUT2D eigenvalue weighted by atomic mass is 28.4. The largest absolute Gasteiger partial charge is 0.424 e. The molecule has 1 aliphatic rings. The Kier molecular flexibility index (Phi) is 4.11. The van der Waals surface area contributed by atoms with Crippen LogP contribution in [0.4, 0.5) is 5.69 Å². The van der Waals surface area contributed by atoms with Crippen LogP contribution in [0.25, 0.3) is 5.57 Å². The highest BCUT2D eigenvalue weighted by Gasteiger charge is 2.47. The maximum absolute atomic E-state index is 4.28. The maximum Gasteiger partial charge on any atom is 0.141 e. The number of hydrogen-bond acceptors (Lipinski definition) is 1. The summed E-state index contributed by atoms with van der Waals surface area (Å²) in [6, 6.07) is 22.4. The first kappa shape index (κ1) is 16.3. The van der Waals surface area contributed by atoms with Crippen LogP contribution in [0.15, 0.2) is 61.2 Å². The molecule has 2 aromatic carbocycles. The van der Waals surface area contributed by atoms with Crippen molar-refractivity contribution in [3.63, 3.8) is 0 Å². The molecule has 3 heteroatoms. The Hall–Kier alpha value is -1.59. The Bertz CT molecular complexity index is 686. The summed E-state index contributed by atoms with van der Waals surface area (Å²) in [5, 5.41) is 0. The number of nitrogens with zero attached hydrogens (tertiary/aromatic N) is 1. The third kappa shape index (κ3) is 3.08.